The Kier molecular flexibility index (Phi) is 5.91. The molecule has 6 N–H and O–H groups in total. The number of oxime groups is 1. The third kappa shape index (κ3) is 4.90. The summed E-state index contributed by atoms with van der Waals surface area (Å²) in [6.07, 6.45) is 1.31. The molecule has 0 atom stereocenters. The van der Waals surface area contributed by atoms with Crippen LogP contribution in [0.5, 0.6) is 0 Å². The zero-order chi connectivity index (χ0) is 15.0. The van der Waals surface area contributed by atoms with Crippen molar-refractivity contribution < 1.29 is 19.5 Å². The molecule has 0 aliphatic carbocycles. The molecule has 1 rings (SSSR count). The van der Waals surface area contributed by atoms with Crippen molar-refractivity contribution in [3.63, 3.8) is 0 Å². The first-order valence-electron chi connectivity index (χ1n) is 5.62. The lowest BCUT2D eigenvalue weighted by Crippen LogP contribution is -2.29. The highest BCUT2D eigenvalue weighted by molar-refractivity contribution is 5.98. The topological polar surface area (TPSA) is 153 Å². The van der Waals surface area contributed by atoms with Crippen molar-refractivity contribution in [3.8, 4) is 0 Å². The van der Waals surface area contributed by atoms with Gasteiger partial charge in [-0.15, -0.1) is 0 Å². The molecule has 2 amide bonds. The molecule has 0 fully saturated rings. The summed E-state index contributed by atoms with van der Waals surface area (Å²) in [6, 6.07) is 2.94. The van der Waals surface area contributed by atoms with E-state index in [4.69, 9.17) is 21.4 Å². The lowest BCUT2D eigenvalue weighted by Gasteiger charge is -2.05. The van der Waals surface area contributed by atoms with Gasteiger partial charge in [-0.1, -0.05) is 5.16 Å². The predicted molar refractivity (Wildman–Crippen MR) is 69.1 cm³/mol. The maximum absolute atomic E-state index is 11.7. The molecule has 0 saturated carbocycles. The van der Waals surface area contributed by atoms with Crippen LogP contribution in [0.2, 0.25) is 0 Å². The van der Waals surface area contributed by atoms with Crippen LogP contribution >= 0.6 is 0 Å². The van der Waals surface area contributed by atoms with Crippen molar-refractivity contribution in [3.05, 3.63) is 29.6 Å². The van der Waals surface area contributed by atoms with Gasteiger partial charge in [0.05, 0.1) is 6.61 Å². The van der Waals surface area contributed by atoms with Gasteiger partial charge in [0.25, 0.3) is 5.91 Å². The molecule has 0 unspecified atom stereocenters. The molecule has 0 aliphatic heterocycles. The van der Waals surface area contributed by atoms with Crippen molar-refractivity contribution >= 4 is 17.6 Å². The fraction of sp³-hybridized carbons (Fsp3) is 0.273. The minimum atomic E-state index is -0.572. The molecular weight excluding hydrogens is 266 g/mol. The second kappa shape index (κ2) is 7.69. The first-order valence-corrected chi connectivity index (χ1v) is 5.62. The van der Waals surface area contributed by atoms with Gasteiger partial charge in [0.1, 0.15) is 12.3 Å². The van der Waals surface area contributed by atoms with Crippen molar-refractivity contribution in [2.24, 2.45) is 16.6 Å². The summed E-state index contributed by atoms with van der Waals surface area (Å²) in [5.74, 6) is -1.07. The third-order valence-electron chi connectivity index (χ3n) is 2.18. The number of aromatic nitrogens is 1. The van der Waals surface area contributed by atoms with Gasteiger partial charge in [-0.25, -0.2) is 0 Å². The van der Waals surface area contributed by atoms with Gasteiger partial charge in [-0.3, -0.25) is 14.6 Å². The lowest BCUT2D eigenvalue weighted by atomic mass is 10.2. The average molecular weight is 281 g/mol. The number of nitrogens with two attached hydrogens (primary N) is 2. The third-order valence-corrected chi connectivity index (χ3v) is 2.18. The van der Waals surface area contributed by atoms with E-state index >= 15 is 0 Å². The number of hydrogen-bond donors (Lipinski definition) is 4. The summed E-state index contributed by atoms with van der Waals surface area (Å²) in [5, 5.41) is 13.8. The number of ether oxygens (including phenoxy) is 1. The molecule has 20 heavy (non-hydrogen) atoms. The van der Waals surface area contributed by atoms with Crippen LogP contribution in [0.25, 0.3) is 0 Å². The molecule has 0 saturated heterocycles. The van der Waals surface area contributed by atoms with Crippen molar-refractivity contribution in [1.82, 2.24) is 10.3 Å². The normalized spacial score (nSPS) is 11.1. The smallest absolute Gasteiger partial charge is 0.269 e. The summed E-state index contributed by atoms with van der Waals surface area (Å²) < 4.78 is 4.88. The van der Waals surface area contributed by atoms with E-state index in [1.807, 2.05) is 0 Å². The highest BCUT2D eigenvalue weighted by Crippen LogP contribution is 2.00. The molecule has 108 valence electrons. The Hall–Kier alpha value is -2.68. The number of pyridine rings is 1. The number of amides is 2. The van der Waals surface area contributed by atoms with E-state index in [0.717, 1.165) is 0 Å². The summed E-state index contributed by atoms with van der Waals surface area (Å²) >= 11 is 0. The van der Waals surface area contributed by atoms with Crippen molar-refractivity contribution in [1.29, 1.82) is 0 Å². The number of primary amides is 1. The average Bonchev–Trinajstić information content (AvgIpc) is 2.45. The van der Waals surface area contributed by atoms with Crippen molar-refractivity contribution in [2.75, 3.05) is 19.8 Å². The molecule has 0 aromatic carbocycles. The van der Waals surface area contributed by atoms with Gasteiger partial charge in [0.15, 0.2) is 5.84 Å². The fourth-order valence-electron chi connectivity index (χ4n) is 1.24. The Bertz CT molecular complexity index is 500. The van der Waals surface area contributed by atoms with Crippen LogP contribution in [0.1, 0.15) is 16.1 Å². The van der Waals surface area contributed by atoms with Gasteiger partial charge in [-0.2, -0.15) is 0 Å². The van der Waals surface area contributed by atoms with Crippen molar-refractivity contribution in [2.45, 2.75) is 0 Å². The predicted octanol–water partition coefficient (Wildman–Crippen LogP) is -1.59. The Balaban J connectivity index is 2.42. The monoisotopic (exact) mass is 281 g/mol. The van der Waals surface area contributed by atoms with E-state index < -0.39 is 11.8 Å². The van der Waals surface area contributed by atoms with Gasteiger partial charge in [0.2, 0.25) is 5.91 Å². The van der Waals surface area contributed by atoms with E-state index in [1.54, 1.807) is 0 Å². The zero-order valence-electron chi connectivity index (χ0n) is 10.6. The lowest BCUT2D eigenvalue weighted by molar-refractivity contribution is -0.122. The van der Waals surface area contributed by atoms with Gasteiger partial charge < -0.3 is 26.7 Å². The summed E-state index contributed by atoms with van der Waals surface area (Å²) in [7, 11) is 0. The second-order valence-corrected chi connectivity index (χ2v) is 3.69. The van der Waals surface area contributed by atoms with E-state index in [-0.39, 0.29) is 31.3 Å². The van der Waals surface area contributed by atoms with Gasteiger partial charge >= 0.3 is 0 Å². The minimum Gasteiger partial charge on any atom is -0.409 e. The molecule has 0 spiro atoms. The van der Waals surface area contributed by atoms with Crippen LogP contribution in [-0.4, -0.2) is 47.6 Å². The molecule has 1 aromatic heterocycles. The molecule has 0 radical (unpaired) electrons. The number of carbonyl (C=O) groups excluding carboxylic acids is 2. The number of amidine groups is 1. The summed E-state index contributed by atoms with van der Waals surface area (Å²) in [5.41, 5.74) is 10.8. The highest BCUT2D eigenvalue weighted by Gasteiger charge is 2.07. The first-order chi connectivity index (χ1) is 9.54. The molecule has 9 nitrogen and oxygen atoms in total. The number of rotatable bonds is 7. The SMILES string of the molecule is NC(=O)COCCNC(=O)c1ccc(/C(N)=N/O)cn1. The number of nitrogens with one attached hydrogen (secondary N) is 1. The summed E-state index contributed by atoms with van der Waals surface area (Å²) in [6.45, 7) is 0.190. The van der Waals surface area contributed by atoms with E-state index in [0.29, 0.717) is 5.56 Å². The Labute approximate surface area is 114 Å². The number of nitrogens with zero attached hydrogens (tertiary/aromatic N) is 2. The van der Waals surface area contributed by atoms with Gasteiger partial charge in [-0.05, 0) is 12.1 Å². The van der Waals surface area contributed by atoms with E-state index in [1.165, 1.54) is 18.3 Å². The second-order valence-electron chi connectivity index (χ2n) is 3.69. The van der Waals surface area contributed by atoms with E-state index in [2.05, 4.69) is 15.5 Å². The Morgan fingerprint density at radius 1 is 1.40 bits per heavy atom. The zero-order valence-corrected chi connectivity index (χ0v) is 10.6. The molecular formula is C11H15N5O4. The molecule has 0 bridgehead atoms. The largest absolute Gasteiger partial charge is 0.409 e. The first kappa shape index (κ1) is 15.4. The van der Waals surface area contributed by atoms with Crippen LogP contribution in [0, 0.1) is 0 Å². The van der Waals surface area contributed by atoms with Crippen LogP contribution in [0.4, 0.5) is 0 Å². The van der Waals surface area contributed by atoms with Crippen LogP contribution in [0.3, 0.4) is 0 Å². The number of hydrogen-bond acceptors (Lipinski definition) is 6. The Morgan fingerprint density at radius 2 is 2.15 bits per heavy atom. The molecule has 0 aliphatic rings. The fourth-order valence-corrected chi connectivity index (χ4v) is 1.24. The maximum Gasteiger partial charge on any atom is 0.269 e. The van der Waals surface area contributed by atoms with E-state index in [9.17, 15) is 9.59 Å². The van der Waals surface area contributed by atoms with Crippen LogP contribution < -0.4 is 16.8 Å². The quantitative estimate of drug-likeness (QED) is 0.155. The molecule has 1 heterocycles. The Morgan fingerprint density at radius 3 is 2.70 bits per heavy atom. The molecule has 9 heteroatoms. The van der Waals surface area contributed by atoms with Crippen LogP contribution in [-0.2, 0) is 9.53 Å². The van der Waals surface area contributed by atoms with Crippen LogP contribution in [0.15, 0.2) is 23.5 Å². The van der Waals surface area contributed by atoms with Gasteiger partial charge in [0, 0.05) is 18.3 Å². The minimum absolute atomic E-state index is 0.0932. The standard InChI is InChI=1S/C11H15N5O4/c12-9(17)6-20-4-3-14-11(18)8-2-1-7(5-15-8)10(13)16-19/h1-2,5,19H,3-4,6H2,(H2,12,17)(H2,13,16)(H,14,18). The number of carbonyl (C=O) groups is 2. The maximum atomic E-state index is 11.7. The molecule has 1 aromatic rings. The highest BCUT2D eigenvalue weighted by atomic mass is 16.5. The summed E-state index contributed by atoms with van der Waals surface area (Å²) in [4.78, 5) is 25.9.